The van der Waals surface area contributed by atoms with Crippen molar-refractivity contribution in [3.63, 3.8) is 0 Å². The van der Waals surface area contributed by atoms with Crippen molar-refractivity contribution in [2.24, 2.45) is 0 Å². The highest BCUT2D eigenvalue weighted by atomic mass is 35.5. The van der Waals surface area contributed by atoms with Gasteiger partial charge in [0.2, 0.25) is 15.9 Å². The molecule has 0 heterocycles. The van der Waals surface area contributed by atoms with Gasteiger partial charge in [0, 0.05) is 15.7 Å². The van der Waals surface area contributed by atoms with Gasteiger partial charge < -0.3 is 10.1 Å². The molecule has 2 aromatic carbocycles. The summed E-state index contributed by atoms with van der Waals surface area (Å²) >= 11 is 11.8. The molecule has 0 spiro atoms. The Balaban J connectivity index is 2.12. The van der Waals surface area contributed by atoms with E-state index < -0.39 is 22.0 Å². The fourth-order valence-electron chi connectivity index (χ4n) is 2.34. The summed E-state index contributed by atoms with van der Waals surface area (Å²) < 4.78 is 32.9. The Morgan fingerprint density at radius 1 is 1.15 bits per heavy atom. The summed E-state index contributed by atoms with van der Waals surface area (Å²) in [5, 5.41) is 3.29. The van der Waals surface area contributed by atoms with Crippen LogP contribution in [0.2, 0.25) is 10.0 Å². The fraction of sp³-hybridized carbons (Fsp3) is 0.278. The third-order valence-electron chi connectivity index (χ3n) is 3.61. The number of hydrogen-bond acceptors (Lipinski definition) is 4. The van der Waals surface area contributed by atoms with Gasteiger partial charge in [0.1, 0.15) is 5.75 Å². The number of aryl methyl sites for hydroxylation is 1. The van der Waals surface area contributed by atoms with Gasteiger partial charge in [-0.2, -0.15) is 4.72 Å². The minimum atomic E-state index is -3.89. The summed E-state index contributed by atoms with van der Waals surface area (Å²) in [4.78, 5) is 12.4. The molecule has 0 aliphatic carbocycles. The molecule has 2 rings (SSSR count). The maximum absolute atomic E-state index is 12.6. The second-order valence-electron chi connectivity index (χ2n) is 5.85. The summed E-state index contributed by atoms with van der Waals surface area (Å²) in [5.41, 5.74) is 1.06. The van der Waals surface area contributed by atoms with Crippen molar-refractivity contribution in [1.29, 1.82) is 0 Å². The van der Waals surface area contributed by atoms with Crippen molar-refractivity contribution in [2.45, 2.75) is 31.7 Å². The van der Waals surface area contributed by atoms with E-state index >= 15 is 0 Å². The van der Waals surface area contributed by atoms with Crippen LogP contribution in [0.15, 0.2) is 41.3 Å². The summed E-state index contributed by atoms with van der Waals surface area (Å²) in [7, 11) is -3.89. The second-order valence-corrected chi connectivity index (χ2v) is 8.44. The first-order valence-electron chi connectivity index (χ1n) is 8.15. The predicted octanol–water partition coefficient (Wildman–Crippen LogP) is 4.01. The van der Waals surface area contributed by atoms with Crippen LogP contribution in [0.3, 0.4) is 0 Å². The van der Waals surface area contributed by atoms with Gasteiger partial charge in [0.05, 0.1) is 17.5 Å². The van der Waals surface area contributed by atoms with Crippen molar-refractivity contribution in [3.8, 4) is 5.75 Å². The number of hydrogen-bond donors (Lipinski definition) is 2. The summed E-state index contributed by atoms with van der Waals surface area (Å²) in [6.45, 7) is 5.53. The molecule has 146 valence electrons. The number of nitrogens with one attached hydrogen (secondary N) is 2. The first kappa shape index (κ1) is 21.5. The number of benzene rings is 2. The molecule has 1 atom stereocenters. The smallest absolute Gasteiger partial charge is 0.242 e. The van der Waals surface area contributed by atoms with Crippen LogP contribution < -0.4 is 14.8 Å². The SMILES string of the molecule is CCOc1ccc(S(=O)(=O)N[C@@H](C)C(=O)Nc2cc(Cl)cc(Cl)c2)cc1C. The van der Waals surface area contributed by atoms with Crippen LogP contribution in [0.4, 0.5) is 5.69 Å². The number of halogens is 2. The lowest BCUT2D eigenvalue weighted by Gasteiger charge is -2.16. The van der Waals surface area contributed by atoms with E-state index in [9.17, 15) is 13.2 Å². The standard InChI is InChI=1S/C18H20Cl2N2O4S/c1-4-26-17-6-5-16(7-11(17)2)27(24,25)22-12(3)18(23)21-15-9-13(19)8-14(20)10-15/h5-10,12,22H,4H2,1-3H3,(H,21,23)/t12-/m0/s1. The molecule has 0 aromatic heterocycles. The van der Waals surface area contributed by atoms with E-state index in [1.165, 1.54) is 37.3 Å². The quantitative estimate of drug-likeness (QED) is 0.694. The highest BCUT2D eigenvalue weighted by Crippen LogP contribution is 2.23. The maximum Gasteiger partial charge on any atom is 0.242 e. The van der Waals surface area contributed by atoms with Gasteiger partial charge in [0.15, 0.2) is 0 Å². The molecular weight excluding hydrogens is 411 g/mol. The molecule has 0 radical (unpaired) electrons. The van der Waals surface area contributed by atoms with Gasteiger partial charge in [-0.15, -0.1) is 0 Å². The van der Waals surface area contributed by atoms with Gasteiger partial charge in [-0.25, -0.2) is 8.42 Å². The number of rotatable bonds is 7. The Kier molecular flexibility index (Phi) is 7.11. The van der Waals surface area contributed by atoms with Crippen molar-refractivity contribution < 1.29 is 17.9 Å². The highest BCUT2D eigenvalue weighted by Gasteiger charge is 2.23. The Hall–Kier alpha value is -1.80. The van der Waals surface area contributed by atoms with Gasteiger partial charge in [-0.1, -0.05) is 23.2 Å². The fourth-order valence-corrected chi connectivity index (χ4v) is 4.15. The van der Waals surface area contributed by atoms with E-state index in [2.05, 4.69) is 10.0 Å². The van der Waals surface area contributed by atoms with Crippen LogP contribution >= 0.6 is 23.2 Å². The molecular formula is C18H20Cl2N2O4S. The Morgan fingerprint density at radius 2 is 1.78 bits per heavy atom. The zero-order chi connectivity index (χ0) is 20.2. The van der Waals surface area contributed by atoms with Crippen molar-refractivity contribution in [1.82, 2.24) is 4.72 Å². The van der Waals surface area contributed by atoms with E-state index in [0.717, 1.165) is 0 Å². The Morgan fingerprint density at radius 3 is 2.33 bits per heavy atom. The van der Waals surface area contributed by atoms with E-state index in [-0.39, 0.29) is 4.90 Å². The zero-order valence-electron chi connectivity index (χ0n) is 15.0. The summed E-state index contributed by atoms with van der Waals surface area (Å²) in [6, 6.07) is 8.06. The van der Waals surface area contributed by atoms with Crippen LogP contribution in [0.5, 0.6) is 5.75 Å². The van der Waals surface area contributed by atoms with E-state index in [0.29, 0.717) is 33.7 Å². The minimum Gasteiger partial charge on any atom is -0.494 e. The third kappa shape index (κ3) is 5.84. The van der Waals surface area contributed by atoms with Crippen LogP contribution in [0, 0.1) is 6.92 Å². The molecule has 27 heavy (non-hydrogen) atoms. The predicted molar refractivity (Wildman–Crippen MR) is 107 cm³/mol. The Labute approximate surface area is 168 Å². The van der Waals surface area contributed by atoms with E-state index in [1.54, 1.807) is 13.0 Å². The molecule has 0 saturated carbocycles. The van der Waals surface area contributed by atoms with Crippen molar-refractivity contribution >= 4 is 44.8 Å². The number of amides is 1. The van der Waals surface area contributed by atoms with Gasteiger partial charge >= 0.3 is 0 Å². The van der Waals surface area contributed by atoms with Crippen molar-refractivity contribution in [3.05, 3.63) is 52.0 Å². The molecule has 0 unspecified atom stereocenters. The first-order valence-corrected chi connectivity index (χ1v) is 10.4. The minimum absolute atomic E-state index is 0.0499. The molecule has 2 aromatic rings. The first-order chi connectivity index (χ1) is 12.6. The molecule has 0 bridgehead atoms. The van der Waals surface area contributed by atoms with Crippen LogP contribution in [0.25, 0.3) is 0 Å². The zero-order valence-corrected chi connectivity index (χ0v) is 17.4. The lowest BCUT2D eigenvalue weighted by atomic mass is 10.2. The Bertz CT molecular complexity index is 928. The number of ether oxygens (including phenoxy) is 1. The second kappa shape index (κ2) is 8.93. The number of carbonyl (C=O) groups excluding carboxylic acids is 1. The van der Waals surface area contributed by atoms with Crippen LogP contribution in [-0.2, 0) is 14.8 Å². The molecule has 1 amide bonds. The van der Waals surface area contributed by atoms with Crippen LogP contribution in [-0.4, -0.2) is 27.0 Å². The number of sulfonamides is 1. The van der Waals surface area contributed by atoms with Gasteiger partial charge in [-0.3, -0.25) is 4.79 Å². The van der Waals surface area contributed by atoms with E-state index in [1.807, 2.05) is 6.92 Å². The molecule has 0 saturated heterocycles. The lowest BCUT2D eigenvalue weighted by Crippen LogP contribution is -2.41. The molecule has 6 nitrogen and oxygen atoms in total. The average molecular weight is 431 g/mol. The summed E-state index contributed by atoms with van der Waals surface area (Å²) in [5.74, 6) is 0.0691. The summed E-state index contributed by atoms with van der Waals surface area (Å²) in [6.07, 6.45) is 0. The number of carbonyl (C=O) groups is 1. The molecule has 0 aliphatic heterocycles. The van der Waals surface area contributed by atoms with Crippen LogP contribution in [0.1, 0.15) is 19.4 Å². The molecule has 0 aliphatic rings. The normalized spacial score (nSPS) is 12.5. The lowest BCUT2D eigenvalue weighted by molar-refractivity contribution is -0.117. The maximum atomic E-state index is 12.6. The van der Waals surface area contributed by atoms with Gasteiger partial charge in [0.25, 0.3) is 0 Å². The van der Waals surface area contributed by atoms with Crippen molar-refractivity contribution in [2.75, 3.05) is 11.9 Å². The topological polar surface area (TPSA) is 84.5 Å². The van der Waals surface area contributed by atoms with Gasteiger partial charge in [-0.05, 0) is 62.7 Å². The third-order valence-corrected chi connectivity index (χ3v) is 5.59. The molecule has 9 heteroatoms. The monoisotopic (exact) mass is 430 g/mol. The number of anilines is 1. The average Bonchev–Trinajstić information content (AvgIpc) is 2.55. The van der Waals surface area contributed by atoms with E-state index in [4.69, 9.17) is 27.9 Å². The largest absolute Gasteiger partial charge is 0.494 e. The molecule has 2 N–H and O–H groups in total. The molecule has 0 fully saturated rings. The highest BCUT2D eigenvalue weighted by molar-refractivity contribution is 7.89.